The van der Waals surface area contributed by atoms with E-state index in [1.807, 2.05) is 68.5 Å². The summed E-state index contributed by atoms with van der Waals surface area (Å²) in [5.74, 6) is 1.37. The first-order chi connectivity index (χ1) is 23.3. The summed E-state index contributed by atoms with van der Waals surface area (Å²) in [4.78, 5) is 63.2. The average molecular weight is 675 g/mol. The Morgan fingerprint density at radius 1 is 1.10 bits per heavy atom. The van der Waals surface area contributed by atoms with E-state index >= 15 is 0 Å². The van der Waals surface area contributed by atoms with Crippen LogP contribution in [0.1, 0.15) is 88.8 Å². The minimum Gasteiger partial charge on any atom is -0.357 e. The molecule has 0 unspecified atom stereocenters. The molecule has 0 aromatic carbocycles. The maximum absolute atomic E-state index is 13.8. The molecular weight excluding hydrogens is 624 g/mol. The SMILES string of the molecule is CCn1cnnc1-c1cccc(N2Cc3c(cc(N(C)C(C)C)nc3CNCC(=O)NCCCCCC(=O)N[C@H](C=O)C(C)(C)C)C2=O)n1. The van der Waals surface area contributed by atoms with E-state index in [0.717, 1.165) is 24.7 Å². The van der Waals surface area contributed by atoms with Crippen LogP contribution in [0.4, 0.5) is 11.6 Å². The number of amides is 3. The van der Waals surface area contributed by atoms with E-state index in [1.54, 1.807) is 11.2 Å². The van der Waals surface area contributed by atoms with Crippen LogP contribution >= 0.6 is 0 Å². The van der Waals surface area contributed by atoms with Crippen LogP contribution in [0.15, 0.2) is 30.6 Å². The first kappa shape index (κ1) is 37.1. The van der Waals surface area contributed by atoms with Crippen LogP contribution in [0.5, 0.6) is 0 Å². The summed E-state index contributed by atoms with van der Waals surface area (Å²) in [6.07, 6.45) is 4.95. The molecule has 4 heterocycles. The van der Waals surface area contributed by atoms with Gasteiger partial charge in [0, 0.05) is 44.7 Å². The molecule has 0 spiro atoms. The van der Waals surface area contributed by atoms with E-state index in [2.05, 4.69) is 40.0 Å². The number of carbonyl (C=O) groups excluding carboxylic acids is 4. The lowest BCUT2D eigenvalue weighted by Crippen LogP contribution is -2.44. The van der Waals surface area contributed by atoms with Crippen molar-refractivity contribution in [2.75, 3.05) is 29.9 Å². The van der Waals surface area contributed by atoms with Crippen molar-refractivity contribution >= 4 is 35.6 Å². The van der Waals surface area contributed by atoms with Gasteiger partial charge in [-0.05, 0) is 57.2 Å². The monoisotopic (exact) mass is 674 g/mol. The van der Waals surface area contributed by atoms with Crippen LogP contribution in [0, 0.1) is 5.41 Å². The smallest absolute Gasteiger partial charge is 0.260 e. The number of pyridine rings is 2. The van der Waals surface area contributed by atoms with Crippen molar-refractivity contribution in [3.63, 3.8) is 0 Å². The molecule has 264 valence electrons. The molecule has 1 atom stereocenters. The van der Waals surface area contributed by atoms with Gasteiger partial charge < -0.3 is 30.2 Å². The third-order valence-electron chi connectivity index (χ3n) is 8.69. The number of unbranched alkanes of at least 4 members (excludes halogenated alkanes) is 2. The second kappa shape index (κ2) is 16.6. The molecule has 3 amide bonds. The lowest BCUT2D eigenvalue weighted by Gasteiger charge is -2.26. The molecule has 3 aromatic rings. The average Bonchev–Trinajstić information content (AvgIpc) is 3.69. The highest BCUT2D eigenvalue weighted by molar-refractivity contribution is 6.10. The Morgan fingerprint density at radius 3 is 2.57 bits per heavy atom. The van der Waals surface area contributed by atoms with E-state index in [0.29, 0.717) is 73.4 Å². The van der Waals surface area contributed by atoms with Crippen LogP contribution < -0.4 is 25.8 Å². The van der Waals surface area contributed by atoms with Crippen molar-refractivity contribution in [1.82, 2.24) is 40.7 Å². The van der Waals surface area contributed by atoms with Gasteiger partial charge in [-0.2, -0.15) is 0 Å². The number of rotatable bonds is 17. The van der Waals surface area contributed by atoms with Crippen LogP contribution in [-0.4, -0.2) is 81.0 Å². The maximum atomic E-state index is 13.8. The van der Waals surface area contributed by atoms with Crippen LogP contribution in [-0.2, 0) is 34.0 Å². The maximum Gasteiger partial charge on any atom is 0.260 e. The molecule has 49 heavy (non-hydrogen) atoms. The minimum atomic E-state index is -0.518. The predicted octanol–water partition coefficient (Wildman–Crippen LogP) is 3.26. The summed E-state index contributed by atoms with van der Waals surface area (Å²) in [5.41, 5.74) is 2.36. The van der Waals surface area contributed by atoms with E-state index in [4.69, 9.17) is 9.97 Å². The molecule has 14 nitrogen and oxygen atoms in total. The van der Waals surface area contributed by atoms with Gasteiger partial charge in [-0.3, -0.25) is 19.3 Å². The highest BCUT2D eigenvalue weighted by Gasteiger charge is 2.33. The molecule has 3 N–H and O–H groups in total. The van der Waals surface area contributed by atoms with Gasteiger partial charge in [0.2, 0.25) is 11.8 Å². The van der Waals surface area contributed by atoms with E-state index in [-0.39, 0.29) is 35.7 Å². The highest BCUT2D eigenvalue weighted by Crippen LogP contribution is 2.32. The summed E-state index contributed by atoms with van der Waals surface area (Å²) in [7, 11) is 1.94. The molecule has 0 fully saturated rings. The van der Waals surface area contributed by atoms with Crippen molar-refractivity contribution in [1.29, 1.82) is 0 Å². The Hall–Kier alpha value is -4.72. The summed E-state index contributed by atoms with van der Waals surface area (Å²) in [6.45, 7) is 13.7. The van der Waals surface area contributed by atoms with Crippen molar-refractivity contribution in [3.8, 4) is 11.5 Å². The molecular formula is C35H50N10O4. The number of carbonyl (C=O) groups is 4. The number of hydrogen-bond donors (Lipinski definition) is 3. The van der Waals surface area contributed by atoms with Crippen LogP contribution in [0.2, 0.25) is 0 Å². The highest BCUT2D eigenvalue weighted by atomic mass is 16.2. The molecule has 14 heteroatoms. The molecule has 1 aliphatic rings. The fourth-order valence-corrected chi connectivity index (χ4v) is 5.38. The zero-order valence-corrected chi connectivity index (χ0v) is 29.7. The summed E-state index contributed by atoms with van der Waals surface area (Å²) < 4.78 is 1.89. The third kappa shape index (κ3) is 9.46. The minimum absolute atomic E-state index is 0.0857. The van der Waals surface area contributed by atoms with Gasteiger partial charge in [0.05, 0.1) is 30.4 Å². The molecule has 0 bridgehead atoms. The zero-order chi connectivity index (χ0) is 35.7. The normalized spacial score (nSPS) is 13.4. The number of aryl methyl sites for hydroxylation is 1. The first-order valence-corrected chi connectivity index (χ1v) is 17.0. The fourth-order valence-electron chi connectivity index (χ4n) is 5.38. The third-order valence-corrected chi connectivity index (χ3v) is 8.69. The number of aldehydes is 1. The topological polar surface area (TPSA) is 167 Å². The quantitative estimate of drug-likeness (QED) is 0.143. The predicted molar refractivity (Wildman–Crippen MR) is 188 cm³/mol. The van der Waals surface area contributed by atoms with Gasteiger partial charge in [-0.25, -0.2) is 9.97 Å². The summed E-state index contributed by atoms with van der Waals surface area (Å²) in [6, 6.07) is 6.99. The van der Waals surface area contributed by atoms with Crippen molar-refractivity contribution in [3.05, 3.63) is 47.4 Å². The lowest BCUT2D eigenvalue weighted by molar-refractivity contribution is -0.125. The van der Waals surface area contributed by atoms with Gasteiger partial charge in [-0.15, -0.1) is 10.2 Å². The van der Waals surface area contributed by atoms with Gasteiger partial charge in [0.25, 0.3) is 5.91 Å². The van der Waals surface area contributed by atoms with E-state index in [1.165, 1.54) is 0 Å². The second-order valence-electron chi connectivity index (χ2n) is 13.7. The van der Waals surface area contributed by atoms with Gasteiger partial charge in [-0.1, -0.05) is 33.3 Å². The van der Waals surface area contributed by atoms with Crippen molar-refractivity contribution in [2.45, 2.75) is 98.9 Å². The lowest BCUT2D eigenvalue weighted by atomic mass is 9.87. The summed E-state index contributed by atoms with van der Waals surface area (Å²) in [5, 5.41) is 17.1. The molecule has 4 rings (SSSR count). The molecule has 3 aromatic heterocycles. The fraction of sp³-hybridized carbons (Fsp3) is 0.543. The van der Waals surface area contributed by atoms with Crippen molar-refractivity contribution in [2.24, 2.45) is 5.41 Å². The zero-order valence-electron chi connectivity index (χ0n) is 29.7. The Labute approximate surface area is 288 Å². The van der Waals surface area contributed by atoms with E-state index < -0.39 is 6.04 Å². The first-order valence-electron chi connectivity index (χ1n) is 17.0. The van der Waals surface area contributed by atoms with Crippen LogP contribution in [0.3, 0.4) is 0 Å². The molecule has 0 aliphatic carbocycles. The number of hydrogen-bond acceptors (Lipinski definition) is 10. The molecule has 0 saturated carbocycles. The Bertz CT molecular complexity index is 1630. The second-order valence-corrected chi connectivity index (χ2v) is 13.7. The summed E-state index contributed by atoms with van der Waals surface area (Å²) >= 11 is 0. The van der Waals surface area contributed by atoms with Crippen molar-refractivity contribution < 1.29 is 19.2 Å². The molecule has 1 aliphatic heterocycles. The largest absolute Gasteiger partial charge is 0.357 e. The molecule has 0 radical (unpaired) electrons. The number of aromatic nitrogens is 5. The number of nitrogens with one attached hydrogen (secondary N) is 3. The van der Waals surface area contributed by atoms with Crippen LogP contribution in [0.25, 0.3) is 11.5 Å². The Morgan fingerprint density at radius 2 is 1.88 bits per heavy atom. The molecule has 0 saturated heterocycles. The number of anilines is 2. The Kier molecular flexibility index (Phi) is 12.6. The number of nitrogens with zero attached hydrogens (tertiary/aromatic N) is 7. The Balaban J connectivity index is 1.33. The standard InChI is InChI=1S/C35H50N10O4/c1-8-44-22-38-42-33(44)26-13-12-14-29(39-26)45-20-25-24(34(45)49)17-30(43(7)23(2)3)40-27(25)18-36-19-32(48)37-16-11-9-10-15-31(47)41-28(21-46)35(4,5)6/h12-14,17,21-23,28,36H,8-11,15-16,18-20H2,1-7H3,(H,37,48)(H,41,47)/t28-/m1/s1. The van der Waals surface area contributed by atoms with Gasteiger partial charge in [0.1, 0.15) is 29.9 Å². The van der Waals surface area contributed by atoms with E-state index in [9.17, 15) is 19.2 Å². The van der Waals surface area contributed by atoms with Gasteiger partial charge >= 0.3 is 0 Å². The van der Waals surface area contributed by atoms with Gasteiger partial charge in [0.15, 0.2) is 5.82 Å². The number of fused-ring (bicyclic) bond motifs is 1.